The van der Waals surface area contributed by atoms with Gasteiger partial charge < -0.3 is 10.6 Å². The van der Waals surface area contributed by atoms with Crippen LogP contribution in [0.3, 0.4) is 0 Å². The predicted molar refractivity (Wildman–Crippen MR) is 80.7 cm³/mol. The third-order valence-corrected chi connectivity index (χ3v) is 5.21. The summed E-state index contributed by atoms with van der Waals surface area (Å²) >= 11 is 0. The first-order chi connectivity index (χ1) is 9.60. The third-order valence-electron chi connectivity index (χ3n) is 5.21. The lowest BCUT2D eigenvalue weighted by atomic mass is 9.82. The standard InChI is InChI=1S/C15H25N5/c1-9-5-13(15(16)18-8-9)14(19-17)10-6-11-3-4-12(7-10)20(11)2/h5,8,10-12,14,19H,3-4,6-7,17H2,1-2H3,(H2,16,18). The Labute approximate surface area is 120 Å². The van der Waals surface area contributed by atoms with Crippen molar-refractivity contribution >= 4 is 5.82 Å². The number of aryl methyl sites for hydroxylation is 1. The predicted octanol–water partition coefficient (Wildman–Crippen LogP) is 1.35. The number of anilines is 1. The fourth-order valence-corrected chi connectivity index (χ4v) is 4.06. The highest BCUT2D eigenvalue weighted by atomic mass is 15.2. The maximum absolute atomic E-state index is 6.07. The number of rotatable bonds is 3. The molecule has 110 valence electrons. The molecule has 2 fully saturated rings. The van der Waals surface area contributed by atoms with Gasteiger partial charge >= 0.3 is 0 Å². The number of nitrogen functional groups attached to an aromatic ring is 1. The number of pyridine rings is 1. The van der Waals surface area contributed by atoms with Crippen LogP contribution in [-0.4, -0.2) is 29.0 Å². The molecule has 0 saturated carbocycles. The first kappa shape index (κ1) is 13.8. The van der Waals surface area contributed by atoms with Crippen LogP contribution in [0, 0.1) is 12.8 Å². The number of hydrazine groups is 1. The Bertz CT molecular complexity index is 475. The Balaban J connectivity index is 1.85. The van der Waals surface area contributed by atoms with Crippen LogP contribution in [0.2, 0.25) is 0 Å². The van der Waals surface area contributed by atoms with E-state index in [1.54, 1.807) is 0 Å². The molecule has 0 spiro atoms. The average Bonchev–Trinajstić information content (AvgIpc) is 2.66. The van der Waals surface area contributed by atoms with Gasteiger partial charge in [-0.2, -0.15) is 0 Å². The molecule has 2 aliphatic rings. The Morgan fingerprint density at radius 3 is 2.60 bits per heavy atom. The lowest BCUT2D eigenvalue weighted by molar-refractivity contribution is 0.112. The molecule has 2 bridgehead atoms. The Morgan fingerprint density at radius 1 is 1.35 bits per heavy atom. The molecule has 0 aromatic carbocycles. The molecule has 0 radical (unpaired) electrons. The molecular formula is C15H25N5. The van der Waals surface area contributed by atoms with Crippen LogP contribution in [0.15, 0.2) is 12.3 Å². The smallest absolute Gasteiger partial charge is 0.128 e. The zero-order chi connectivity index (χ0) is 14.3. The van der Waals surface area contributed by atoms with E-state index in [-0.39, 0.29) is 6.04 Å². The fourth-order valence-electron chi connectivity index (χ4n) is 4.06. The molecule has 0 aliphatic carbocycles. The van der Waals surface area contributed by atoms with E-state index >= 15 is 0 Å². The van der Waals surface area contributed by atoms with Crippen molar-refractivity contribution in [3.05, 3.63) is 23.4 Å². The van der Waals surface area contributed by atoms with E-state index < -0.39 is 0 Å². The molecule has 0 amide bonds. The van der Waals surface area contributed by atoms with Gasteiger partial charge in [-0.05, 0) is 57.2 Å². The van der Waals surface area contributed by atoms with E-state index in [0.29, 0.717) is 23.8 Å². The molecule has 5 N–H and O–H groups in total. The Morgan fingerprint density at radius 2 is 2.00 bits per heavy atom. The molecule has 2 aliphatic heterocycles. The molecule has 5 heteroatoms. The number of piperidine rings is 1. The highest BCUT2D eigenvalue weighted by Gasteiger charge is 2.41. The molecule has 5 nitrogen and oxygen atoms in total. The van der Waals surface area contributed by atoms with Crippen molar-refractivity contribution in [3.63, 3.8) is 0 Å². The minimum atomic E-state index is 0.110. The quantitative estimate of drug-likeness (QED) is 0.573. The van der Waals surface area contributed by atoms with Crippen LogP contribution in [0.4, 0.5) is 5.82 Å². The first-order valence-electron chi connectivity index (χ1n) is 7.50. The maximum Gasteiger partial charge on any atom is 0.128 e. The molecular weight excluding hydrogens is 250 g/mol. The highest BCUT2D eigenvalue weighted by Crippen LogP contribution is 2.42. The van der Waals surface area contributed by atoms with E-state index in [0.717, 1.165) is 11.1 Å². The number of nitrogens with two attached hydrogens (primary N) is 2. The van der Waals surface area contributed by atoms with Crippen LogP contribution in [0.25, 0.3) is 0 Å². The van der Waals surface area contributed by atoms with Crippen molar-refractivity contribution in [1.82, 2.24) is 15.3 Å². The molecule has 1 aromatic rings. The van der Waals surface area contributed by atoms with Gasteiger partial charge in [-0.1, -0.05) is 0 Å². The maximum atomic E-state index is 6.07. The summed E-state index contributed by atoms with van der Waals surface area (Å²) in [5, 5.41) is 0. The van der Waals surface area contributed by atoms with Crippen molar-refractivity contribution in [3.8, 4) is 0 Å². The van der Waals surface area contributed by atoms with Gasteiger partial charge in [0.05, 0.1) is 6.04 Å². The van der Waals surface area contributed by atoms with Gasteiger partial charge in [0.25, 0.3) is 0 Å². The van der Waals surface area contributed by atoms with Crippen molar-refractivity contribution in [2.75, 3.05) is 12.8 Å². The van der Waals surface area contributed by atoms with Crippen molar-refractivity contribution in [2.45, 2.75) is 50.7 Å². The van der Waals surface area contributed by atoms with E-state index in [4.69, 9.17) is 11.6 Å². The number of hydrogen-bond donors (Lipinski definition) is 3. The summed E-state index contributed by atoms with van der Waals surface area (Å²) in [5.41, 5.74) is 11.3. The van der Waals surface area contributed by atoms with Crippen LogP contribution in [0.5, 0.6) is 0 Å². The summed E-state index contributed by atoms with van der Waals surface area (Å²) in [6, 6.07) is 3.63. The molecule has 3 unspecified atom stereocenters. The van der Waals surface area contributed by atoms with Gasteiger partial charge in [-0.15, -0.1) is 0 Å². The van der Waals surface area contributed by atoms with Gasteiger partial charge in [-0.3, -0.25) is 11.3 Å². The second-order valence-electron chi connectivity index (χ2n) is 6.41. The monoisotopic (exact) mass is 275 g/mol. The summed E-state index contributed by atoms with van der Waals surface area (Å²) in [7, 11) is 2.26. The second-order valence-corrected chi connectivity index (χ2v) is 6.41. The van der Waals surface area contributed by atoms with Gasteiger partial charge in [0.15, 0.2) is 0 Å². The van der Waals surface area contributed by atoms with Gasteiger partial charge in [0.2, 0.25) is 0 Å². The second kappa shape index (κ2) is 5.31. The topological polar surface area (TPSA) is 80.2 Å². The molecule has 20 heavy (non-hydrogen) atoms. The van der Waals surface area contributed by atoms with E-state index in [1.807, 2.05) is 13.1 Å². The zero-order valence-corrected chi connectivity index (χ0v) is 12.3. The third kappa shape index (κ3) is 2.30. The van der Waals surface area contributed by atoms with Crippen molar-refractivity contribution in [2.24, 2.45) is 11.8 Å². The van der Waals surface area contributed by atoms with Gasteiger partial charge in [0.1, 0.15) is 5.82 Å². The summed E-state index contributed by atoms with van der Waals surface area (Å²) < 4.78 is 0. The van der Waals surface area contributed by atoms with Crippen LogP contribution < -0.4 is 17.0 Å². The minimum absolute atomic E-state index is 0.110. The number of nitrogens with one attached hydrogen (secondary N) is 1. The summed E-state index contributed by atoms with van der Waals surface area (Å²) in [4.78, 5) is 6.83. The molecule has 1 aromatic heterocycles. The van der Waals surface area contributed by atoms with Crippen LogP contribution in [-0.2, 0) is 0 Å². The number of aromatic nitrogens is 1. The van der Waals surface area contributed by atoms with E-state index in [9.17, 15) is 0 Å². The summed E-state index contributed by atoms with van der Waals surface area (Å²) in [5.74, 6) is 7.00. The Kier molecular flexibility index (Phi) is 3.67. The van der Waals surface area contributed by atoms with Crippen molar-refractivity contribution in [1.29, 1.82) is 0 Å². The van der Waals surface area contributed by atoms with Crippen molar-refractivity contribution < 1.29 is 0 Å². The van der Waals surface area contributed by atoms with Gasteiger partial charge in [0, 0.05) is 23.8 Å². The van der Waals surface area contributed by atoms with Crippen LogP contribution >= 0.6 is 0 Å². The summed E-state index contributed by atoms with van der Waals surface area (Å²) in [6.07, 6.45) is 6.82. The minimum Gasteiger partial charge on any atom is -0.383 e. The SMILES string of the molecule is Cc1cnc(N)c(C(NN)C2CC3CCC(C2)N3C)c1. The highest BCUT2D eigenvalue weighted by molar-refractivity contribution is 5.43. The fraction of sp³-hybridized carbons (Fsp3) is 0.667. The zero-order valence-electron chi connectivity index (χ0n) is 12.3. The Hall–Kier alpha value is -1.17. The van der Waals surface area contributed by atoms with E-state index in [1.165, 1.54) is 25.7 Å². The normalized spacial score (nSPS) is 31.4. The number of fused-ring (bicyclic) bond motifs is 2. The molecule has 2 saturated heterocycles. The van der Waals surface area contributed by atoms with Gasteiger partial charge in [-0.25, -0.2) is 4.98 Å². The largest absolute Gasteiger partial charge is 0.383 e. The first-order valence-corrected chi connectivity index (χ1v) is 7.50. The number of hydrogen-bond acceptors (Lipinski definition) is 5. The molecule has 3 heterocycles. The average molecular weight is 275 g/mol. The lowest BCUT2D eigenvalue weighted by Gasteiger charge is -2.39. The molecule has 3 atom stereocenters. The number of nitrogens with zero attached hydrogens (tertiary/aromatic N) is 2. The van der Waals surface area contributed by atoms with Crippen LogP contribution in [0.1, 0.15) is 42.9 Å². The summed E-state index contributed by atoms with van der Waals surface area (Å²) in [6.45, 7) is 2.04. The molecule has 3 rings (SSSR count). The van der Waals surface area contributed by atoms with E-state index in [2.05, 4.69) is 28.4 Å². The lowest BCUT2D eigenvalue weighted by Crippen LogP contribution is -2.45.